The van der Waals surface area contributed by atoms with Gasteiger partial charge in [-0.3, -0.25) is 10.1 Å². The van der Waals surface area contributed by atoms with Crippen molar-refractivity contribution in [1.29, 1.82) is 0 Å². The molecule has 134 valence electrons. The Morgan fingerprint density at radius 1 is 1.23 bits per heavy atom. The fourth-order valence-electron chi connectivity index (χ4n) is 2.29. The number of hydrogen-bond acceptors (Lipinski definition) is 9. The maximum Gasteiger partial charge on any atom is 0.344 e. The van der Waals surface area contributed by atoms with E-state index in [1.54, 1.807) is 20.8 Å². The van der Waals surface area contributed by atoms with Gasteiger partial charge in [-0.05, 0) is 32.9 Å². The maximum atomic E-state index is 12.2. The highest BCUT2D eigenvalue weighted by atomic mass is 16.6. The lowest BCUT2D eigenvalue weighted by molar-refractivity contribution is -0.384. The quantitative estimate of drug-likeness (QED) is 0.383. The predicted octanol–water partition coefficient (Wildman–Crippen LogP) is 3.17. The van der Waals surface area contributed by atoms with E-state index in [0.717, 1.165) is 0 Å². The first kappa shape index (κ1) is 17.3. The van der Waals surface area contributed by atoms with Crippen molar-refractivity contribution in [2.75, 3.05) is 0 Å². The van der Waals surface area contributed by atoms with E-state index < -0.39 is 17.0 Å². The molecule has 10 heteroatoms. The first-order valence-corrected chi connectivity index (χ1v) is 7.59. The third-order valence-corrected chi connectivity index (χ3v) is 3.63. The number of nitro benzene ring substituents is 1. The van der Waals surface area contributed by atoms with Gasteiger partial charge in [0.15, 0.2) is 6.10 Å². The molecule has 10 nitrogen and oxygen atoms in total. The van der Waals surface area contributed by atoms with Crippen molar-refractivity contribution < 1.29 is 23.4 Å². The zero-order valence-corrected chi connectivity index (χ0v) is 14.1. The third kappa shape index (κ3) is 3.29. The number of nitro groups is 1. The Morgan fingerprint density at radius 2 is 1.92 bits per heavy atom. The molecule has 1 atom stereocenters. The third-order valence-electron chi connectivity index (χ3n) is 3.63. The van der Waals surface area contributed by atoms with Gasteiger partial charge in [0.2, 0.25) is 5.89 Å². The maximum absolute atomic E-state index is 12.2. The van der Waals surface area contributed by atoms with Gasteiger partial charge >= 0.3 is 5.97 Å². The number of hydrogen-bond donors (Lipinski definition) is 0. The van der Waals surface area contributed by atoms with Gasteiger partial charge in [-0.2, -0.15) is 0 Å². The van der Waals surface area contributed by atoms with Crippen LogP contribution in [-0.2, 0) is 4.74 Å². The van der Waals surface area contributed by atoms with Crippen LogP contribution < -0.4 is 0 Å². The van der Waals surface area contributed by atoms with Crippen molar-refractivity contribution in [3.05, 3.63) is 57.3 Å². The lowest BCUT2D eigenvalue weighted by atomic mass is 10.2. The van der Waals surface area contributed by atoms with Crippen molar-refractivity contribution >= 4 is 11.7 Å². The van der Waals surface area contributed by atoms with Gasteiger partial charge in [-0.25, -0.2) is 4.79 Å². The number of aromatic nitrogens is 3. The summed E-state index contributed by atoms with van der Waals surface area (Å²) >= 11 is 0. The standard InChI is InChI=1S/C16H14N4O6/c1-8-13(9(2)26-19-8)16(21)24-10(3)14-17-18-15(25-14)11-4-6-12(7-5-11)20(22)23/h4-7,10H,1-3H3/t10-/m0/s1. The number of nitrogens with zero attached hydrogens (tertiary/aromatic N) is 4. The van der Waals surface area contributed by atoms with Crippen LogP contribution in [0.1, 0.15) is 40.7 Å². The van der Waals surface area contributed by atoms with Crippen LogP contribution >= 0.6 is 0 Å². The minimum atomic E-state index is -0.796. The SMILES string of the molecule is Cc1noc(C)c1C(=O)O[C@@H](C)c1nnc(-c2ccc([N+](=O)[O-])cc2)o1. The lowest BCUT2D eigenvalue weighted by Gasteiger charge is -2.08. The summed E-state index contributed by atoms with van der Waals surface area (Å²) in [5, 5.41) is 22.1. The minimum absolute atomic E-state index is 0.0461. The van der Waals surface area contributed by atoms with E-state index in [4.69, 9.17) is 13.7 Å². The number of carbonyl (C=O) groups is 1. The zero-order valence-electron chi connectivity index (χ0n) is 14.1. The summed E-state index contributed by atoms with van der Waals surface area (Å²) in [6.07, 6.45) is -0.796. The van der Waals surface area contributed by atoms with Crippen LogP contribution in [0.5, 0.6) is 0 Å². The topological polar surface area (TPSA) is 134 Å². The van der Waals surface area contributed by atoms with Crippen LogP contribution in [0.2, 0.25) is 0 Å². The van der Waals surface area contributed by atoms with Gasteiger partial charge in [-0.15, -0.1) is 10.2 Å². The van der Waals surface area contributed by atoms with Gasteiger partial charge in [0.05, 0.1) is 10.6 Å². The molecule has 0 unspecified atom stereocenters. The second kappa shape index (κ2) is 6.75. The van der Waals surface area contributed by atoms with Crippen LogP contribution in [-0.4, -0.2) is 26.2 Å². The number of aryl methyl sites for hydroxylation is 2. The average Bonchev–Trinajstić information content (AvgIpc) is 3.22. The molecule has 0 bridgehead atoms. The fraction of sp³-hybridized carbons (Fsp3) is 0.250. The molecule has 0 aliphatic heterocycles. The highest BCUT2D eigenvalue weighted by molar-refractivity contribution is 5.91. The van der Waals surface area contributed by atoms with Crippen molar-refractivity contribution in [3.63, 3.8) is 0 Å². The number of rotatable bonds is 5. The van der Waals surface area contributed by atoms with Crippen molar-refractivity contribution in [1.82, 2.24) is 15.4 Å². The zero-order chi connectivity index (χ0) is 18.8. The molecule has 0 radical (unpaired) electrons. The van der Waals surface area contributed by atoms with Crippen LogP contribution in [0.3, 0.4) is 0 Å². The Bertz CT molecular complexity index is 940. The second-order valence-corrected chi connectivity index (χ2v) is 5.50. The van der Waals surface area contributed by atoms with E-state index in [-0.39, 0.29) is 23.0 Å². The highest BCUT2D eigenvalue weighted by Crippen LogP contribution is 2.25. The molecule has 2 aromatic heterocycles. The first-order chi connectivity index (χ1) is 12.4. The second-order valence-electron chi connectivity index (χ2n) is 5.50. The average molecular weight is 358 g/mol. The van der Waals surface area contributed by atoms with Crippen LogP contribution in [0, 0.1) is 24.0 Å². The van der Waals surface area contributed by atoms with Gasteiger partial charge in [0.1, 0.15) is 11.3 Å². The molecule has 0 saturated carbocycles. The number of esters is 1. The van der Waals surface area contributed by atoms with Crippen LogP contribution in [0.15, 0.2) is 33.2 Å². The summed E-state index contributed by atoms with van der Waals surface area (Å²) in [6, 6.07) is 5.66. The summed E-state index contributed by atoms with van der Waals surface area (Å²) in [5.74, 6) is 0.00855. The Kier molecular flexibility index (Phi) is 4.48. The number of carbonyl (C=O) groups excluding carboxylic acids is 1. The number of ether oxygens (including phenoxy) is 1. The monoisotopic (exact) mass is 358 g/mol. The largest absolute Gasteiger partial charge is 0.449 e. The summed E-state index contributed by atoms with van der Waals surface area (Å²) in [5.41, 5.74) is 1.15. The predicted molar refractivity (Wildman–Crippen MR) is 86.2 cm³/mol. The molecule has 0 spiro atoms. The Hall–Kier alpha value is -3.56. The summed E-state index contributed by atoms with van der Waals surface area (Å²) in [4.78, 5) is 22.4. The van der Waals surface area contributed by atoms with Crippen LogP contribution in [0.4, 0.5) is 5.69 Å². The van der Waals surface area contributed by atoms with Gasteiger partial charge < -0.3 is 13.7 Å². The summed E-state index contributed by atoms with van der Waals surface area (Å²) in [7, 11) is 0. The molecule has 0 saturated heterocycles. The molecule has 26 heavy (non-hydrogen) atoms. The molecule has 0 amide bonds. The smallest absolute Gasteiger partial charge is 0.344 e. The van der Waals surface area contributed by atoms with Crippen molar-refractivity contribution in [2.24, 2.45) is 0 Å². The summed E-state index contributed by atoms with van der Waals surface area (Å²) in [6.45, 7) is 4.83. The molecular formula is C16H14N4O6. The molecule has 3 rings (SSSR count). The highest BCUT2D eigenvalue weighted by Gasteiger charge is 2.24. The molecule has 0 fully saturated rings. The molecule has 0 aliphatic carbocycles. The fourth-order valence-corrected chi connectivity index (χ4v) is 2.29. The van der Waals surface area contributed by atoms with Crippen molar-refractivity contribution in [2.45, 2.75) is 26.9 Å². The van der Waals surface area contributed by atoms with Gasteiger partial charge in [-0.1, -0.05) is 5.16 Å². The molecule has 2 heterocycles. The normalized spacial score (nSPS) is 12.0. The van der Waals surface area contributed by atoms with E-state index >= 15 is 0 Å². The molecular weight excluding hydrogens is 344 g/mol. The van der Waals surface area contributed by atoms with Crippen LogP contribution in [0.25, 0.3) is 11.5 Å². The molecule has 0 aliphatic rings. The summed E-state index contributed by atoms with van der Waals surface area (Å²) < 4.78 is 15.8. The van der Waals surface area contributed by atoms with E-state index in [1.807, 2.05) is 0 Å². The van der Waals surface area contributed by atoms with E-state index in [1.165, 1.54) is 24.3 Å². The molecule has 3 aromatic rings. The Balaban J connectivity index is 1.74. The Morgan fingerprint density at radius 3 is 2.50 bits per heavy atom. The van der Waals surface area contributed by atoms with E-state index in [9.17, 15) is 14.9 Å². The van der Waals surface area contributed by atoms with Gasteiger partial charge in [0, 0.05) is 17.7 Å². The molecule has 1 aromatic carbocycles. The van der Waals surface area contributed by atoms with E-state index in [2.05, 4.69) is 15.4 Å². The van der Waals surface area contributed by atoms with Crippen molar-refractivity contribution in [3.8, 4) is 11.5 Å². The van der Waals surface area contributed by atoms with Gasteiger partial charge in [0.25, 0.3) is 11.6 Å². The minimum Gasteiger partial charge on any atom is -0.449 e. The first-order valence-electron chi connectivity index (χ1n) is 7.59. The Labute approximate surface area is 146 Å². The lowest BCUT2D eigenvalue weighted by Crippen LogP contribution is -2.11. The number of non-ortho nitro benzene ring substituents is 1. The number of benzene rings is 1. The molecule has 0 N–H and O–H groups in total. The van der Waals surface area contributed by atoms with E-state index in [0.29, 0.717) is 17.0 Å².